The smallest absolute Gasteiger partial charge is 0.255 e. The van der Waals surface area contributed by atoms with E-state index in [4.69, 9.17) is 11.6 Å². The molecular formula is C16H20ClIN2O. The Bertz CT molecular complexity index is 527. The normalized spacial score (nSPS) is 21.5. The number of amides is 1. The first-order valence-corrected chi connectivity index (χ1v) is 9.07. The van der Waals surface area contributed by atoms with Gasteiger partial charge in [0.15, 0.2) is 0 Å². The molecule has 1 aromatic rings. The van der Waals surface area contributed by atoms with Crippen molar-refractivity contribution < 1.29 is 4.79 Å². The molecule has 0 aromatic heterocycles. The van der Waals surface area contributed by atoms with E-state index in [-0.39, 0.29) is 5.91 Å². The van der Waals surface area contributed by atoms with E-state index in [1.807, 2.05) is 17.0 Å². The minimum Gasteiger partial charge on any atom is -0.337 e. The summed E-state index contributed by atoms with van der Waals surface area (Å²) in [6.45, 7) is 2.78. The molecule has 1 aromatic carbocycles. The molecule has 1 atom stereocenters. The van der Waals surface area contributed by atoms with E-state index in [1.165, 1.54) is 25.7 Å². The van der Waals surface area contributed by atoms with Gasteiger partial charge in [-0.15, -0.1) is 0 Å². The highest BCUT2D eigenvalue weighted by Gasteiger charge is 2.30. The van der Waals surface area contributed by atoms with Gasteiger partial charge in [0.25, 0.3) is 5.91 Å². The van der Waals surface area contributed by atoms with Crippen molar-refractivity contribution in [2.24, 2.45) is 5.92 Å². The third kappa shape index (κ3) is 4.11. The predicted octanol–water partition coefficient (Wildman–Crippen LogP) is 3.55. The number of hydrogen-bond donors (Lipinski definition) is 1. The van der Waals surface area contributed by atoms with E-state index in [2.05, 4.69) is 27.9 Å². The molecule has 0 radical (unpaired) electrons. The van der Waals surface area contributed by atoms with Crippen molar-refractivity contribution in [3.8, 4) is 0 Å². The topological polar surface area (TPSA) is 32.3 Å². The molecule has 0 bridgehead atoms. The Labute approximate surface area is 144 Å². The fourth-order valence-electron chi connectivity index (χ4n) is 2.86. The highest BCUT2D eigenvalue weighted by atomic mass is 127. The minimum absolute atomic E-state index is 0.127. The van der Waals surface area contributed by atoms with Crippen LogP contribution >= 0.6 is 34.2 Å². The van der Waals surface area contributed by atoms with Crippen LogP contribution in [0.1, 0.15) is 36.0 Å². The van der Waals surface area contributed by atoms with Gasteiger partial charge in [0.2, 0.25) is 0 Å². The highest BCUT2D eigenvalue weighted by molar-refractivity contribution is 14.1. The van der Waals surface area contributed by atoms with Gasteiger partial charge in [-0.1, -0.05) is 11.6 Å². The first-order valence-electron chi connectivity index (χ1n) is 7.61. The third-order valence-electron chi connectivity index (χ3n) is 4.22. The number of carbonyl (C=O) groups is 1. The van der Waals surface area contributed by atoms with Gasteiger partial charge in [0.05, 0.1) is 5.56 Å². The summed E-state index contributed by atoms with van der Waals surface area (Å²) in [5, 5.41) is 4.12. The number of hydrogen-bond acceptors (Lipinski definition) is 2. The number of nitrogens with zero attached hydrogens (tertiary/aromatic N) is 1. The zero-order valence-corrected chi connectivity index (χ0v) is 14.9. The van der Waals surface area contributed by atoms with Gasteiger partial charge < -0.3 is 10.2 Å². The maximum Gasteiger partial charge on any atom is 0.255 e. The van der Waals surface area contributed by atoms with Crippen molar-refractivity contribution in [1.82, 2.24) is 10.2 Å². The minimum atomic E-state index is 0.127. The predicted molar refractivity (Wildman–Crippen MR) is 93.8 cm³/mol. The zero-order chi connectivity index (χ0) is 14.8. The number of carbonyl (C=O) groups excluding carboxylic acids is 1. The molecule has 1 aliphatic carbocycles. The molecule has 5 heteroatoms. The lowest BCUT2D eigenvalue weighted by atomic mass is 10.1. The fourth-order valence-corrected chi connectivity index (χ4v) is 3.60. The van der Waals surface area contributed by atoms with Gasteiger partial charge in [-0.2, -0.15) is 0 Å². The van der Waals surface area contributed by atoms with Crippen molar-refractivity contribution >= 4 is 40.1 Å². The Kier molecular flexibility index (Phi) is 5.07. The van der Waals surface area contributed by atoms with Gasteiger partial charge in [-0.25, -0.2) is 0 Å². The number of halogens is 2. The molecule has 2 fully saturated rings. The summed E-state index contributed by atoms with van der Waals surface area (Å²) in [6.07, 6.45) is 4.90. The summed E-state index contributed by atoms with van der Waals surface area (Å²) in [6, 6.07) is 6.00. The lowest BCUT2D eigenvalue weighted by Gasteiger charge is -2.26. The Morgan fingerprint density at radius 3 is 2.81 bits per heavy atom. The molecule has 114 valence electrons. The largest absolute Gasteiger partial charge is 0.337 e. The first-order chi connectivity index (χ1) is 10.1. The summed E-state index contributed by atoms with van der Waals surface area (Å²) >= 11 is 8.29. The molecular weight excluding hydrogens is 399 g/mol. The lowest BCUT2D eigenvalue weighted by Crippen LogP contribution is -2.42. The molecule has 2 aliphatic rings. The Morgan fingerprint density at radius 2 is 2.14 bits per heavy atom. The maximum absolute atomic E-state index is 12.9. The number of benzene rings is 1. The van der Waals surface area contributed by atoms with Crippen molar-refractivity contribution in [1.29, 1.82) is 0 Å². The third-order valence-corrected chi connectivity index (χ3v) is 5.40. The van der Waals surface area contributed by atoms with Crippen molar-refractivity contribution in [2.75, 3.05) is 19.6 Å². The van der Waals surface area contributed by atoms with E-state index >= 15 is 0 Å². The Balaban J connectivity index is 1.76. The summed E-state index contributed by atoms with van der Waals surface area (Å²) in [5.41, 5.74) is 0.738. The molecule has 1 aliphatic heterocycles. The second-order valence-electron chi connectivity index (χ2n) is 6.07. The maximum atomic E-state index is 12.9. The molecule has 0 spiro atoms. The first kappa shape index (κ1) is 15.6. The van der Waals surface area contributed by atoms with Crippen LogP contribution < -0.4 is 5.32 Å². The number of nitrogens with one attached hydrogen (secondary N) is 1. The Morgan fingerprint density at radius 1 is 1.33 bits per heavy atom. The summed E-state index contributed by atoms with van der Waals surface area (Å²) in [5.74, 6) is 0.828. The van der Waals surface area contributed by atoms with Gasteiger partial charge >= 0.3 is 0 Å². The average molecular weight is 419 g/mol. The molecule has 1 saturated heterocycles. The SMILES string of the molecule is O=C(c1cc(Cl)ccc1I)N(CC1CC1)CC1CCCN1. The van der Waals surface area contributed by atoms with Crippen LogP contribution in [-0.4, -0.2) is 36.5 Å². The number of rotatable bonds is 5. The quantitative estimate of drug-likeness (QED) is 0.742. The second kappa shape index (κ2) is 6.84. The second-order valence-corrected chi connectivity index (χ2v) is 7.67. The van der Waals surface area contributed by atoms with Crippen LogP contribution in [0.3, 0.4) is 0 Å². The van der Waals surface area contributed by atoms with Crippen molar-refractivity contribution in [3.63, 3.8) is 0 Å². The van der Waals surface area contributed by atoms with Crippen LogP contribution in [0.2, 0.25) is 5.02 Å². The molecule has 1 N–H and O–H groups in total. The summed E-state index contributed by atoms with van der Waals surface area (Å²) in [4.78, 5) is 14.9. The van der Waals surface area contributed by atoms with Crippen LogP contribution in [0.4, 0.5) is 0 Å². The van der Waals surface area contributed by atoms with E-state index < -0.39 is 0 Å². The molecule has 3 rings (SSSR count). The van der Waals surface area contributed by atoms with Crippen molar-refractivity contribution in [2.45, 2.75) is 31.7 Å². The standard InChI is InChI=1S/C16H20ClIN2O/c17-12-5-6-15(18)14(8-12)16(21)20(9-11-3-4-11)10-13-2-1-7-19-13/h5-6,8,11,13,19H,1-4,7,9-10H2. The van der Waals surface area contributed by atoms with Crippen LogP contribution in [0, 0.1) is 9.49 Å². The molecule has 3 nitrogen and oxygen atoms in total. The highest BCUT2D eigenvalue weighted by Crippen LogP contribution is 2.31. The van der Waals surface area contributed by atoms with Gasteiger partial charge in [-0.3, -0.25) is 4.79 Å². The molecule has 1 unspecified atom stereocenters. The molecule has 1 saturated carbocycles. The monoisotopic (exact) mass is 418 g/mol. The van der Waals surface area contributed by atoms with Crippen LogP contribution in [-0.2, 0) is 0 Å². The lowest BCUT2D eigenvalue weighted by molar-refractivity contribution is 0.0732. The Hall–Kier alpha value is -0.330. The molecule has 1 heterocycles. The van der Waals surface area contributed by atoms with Gasteiger partial charge in [0.1, 0.15) is 0 Å². The molecule has 1 amide bonds. The van der Waals surface area contributed by atoms with E-state index in [1.54, 1.807) is 6.07 Å². The zero-order valence-electron chi connectivity index (χ0n) is 11.9. The molecule has 21 heavy (non-hydrogen) atoms. The van der Waals surface area contributed by atoms with Gasteiger partial charge in [0, 0.05) is 27.7 Å². The van der Waals surface area contributed by atoms with Crippen LogP contribution in [0.25, 0.3) is 0 Å². The van der Waals surface area contributed by atoms with Gasteiger partial charge in [-0.05, 0) is 78.9 Å². The average Bonchev–Trinajstić information content (AvgIpc) is 3.13. The van der Waals surface area contributed by atoms with E-state index in [9.17, 15) is 4.79 Å². The van der Waals surface area contributed by atoms with Crippen LogP contribution in [0.15, 0.2) is 18.2 Å². The fraction of sp³-hybridized carbons (Fsp3) is 0.562. The van der Waals surface area contributed by atoms with Crippen LogP contribution in [0.5, 0.6) is 0 Å². The van der Waals surface area contributed by atoms with Crippen molar-refractivity contribution in [3.05, 3.63) is 32.4 Å². The summed E-state index contributed by atoms with van der Waals surface area (Å²) in [7, 11) is 0. The van der Waals surface area contributed by atoms with E-state index in [0.717, 1.165) is 28.8 Å². The summed E-state index contributed by atoms with van der Waals surface area (Å²) < 4.78 is 0.974. The van der Waals surface area contributed by atoms with E-state index in [0.29, 0.717) is 17.0 Å².